The third-order valence-corrected chi connectivity index (χ3v) is 2.82. The summed E-state index contributed by atoms with van der Waals surface area (Å²) in [6.07, 6.45) is 0. The Kier molecular flexibility index (Phi) is 5.18. The number of alkyl halides is 1. The molecule has 0 bridgehead atoms. The van der Waals surface area contributed by atoms with Crippen LogP contribution in [0.25, 0.3) is 0 Å². The largest absolute Gasteiger partial charge is 0.487 e. The van der Waals surface area contributed by atoms with Crippen LogP contribution in [-0.4, -0.2) is 13.3 Å². The summed E-state index contributed by atoms with van der Waals surface area (Å²) in [6, 6.07) is 11.2. The van der Waals surface area contributed by atoms with Gasteiger partial charge in [0.05, 0.1) is 0 Å². The lowest BCUT2D eigenvalue weighted by atomic mass is 10.2. The van der Waals surface area contributed by atoms with Gasteiger partial charge in [-0.2, -0.15) is 0 Å². The SMILES string of the molecule is FCCOc1ccccc1OCc1ccc(Cl)cc1F. The number of rotatable bonds is 6. The fraction of sp³-hybridized carbons (Fsp3) is 0.200. The molecule has 0 amide bonds. The van der Waals surface area contributed by atoms with Crippen LogP contribution in [0.1, 0.15) is 5.56 Å². The van der Waals surface area contributed by atoms with Crippen molar-refractivity contribution in [3.05, 3.63) is 58.9 Å². The number of hydrogen-bond acceptors (Lipinski definition) is 2. The van der Waals surface area contributed by atoms with Gasteiger partial charge in [0.25, 0.3) is 0 Å². The summed E-state index contributed by atoms with van der Waals surface area (Å²) in [6.45, 7) is -0.588. The van der Waals surface area contributed by atoms with E-state index in [0.717, 1.165) is 0 Å². The first-order valence-electron chi connectivity index (χ1n) is 6.05. The van der Waals surface area contributed by atoms with Gasteiger partial charge in [-0.15, -0.1) is 0 Å². The quantitative estimate of drug-likeness (QED) is 0.786. The molecule has 0 aromatic heterocycles. The fourth-order valence-electron chi connectivity index (χ4n) is 1.63. The molecule has 0 atom stereocenters. The molecule has 0 unspecified atom stereocenters. The molecule has 2 aromatic rings. The zero-order valence-electron chi connectivity index (χ0n) is 10.6. The highest BCUT2D eigenvalue weighted by Gasteiger charge is 2.07. The van der Waals surface area contributed by atoms with Crippen molar-refractivity contribution in [2.24, 2.45) is 0 Å². The van der Waals surface area contributed by atoms with Gasteiger partial charge in [0.1, 0.15) is 25.7 Å². The van der Waals surface area contributed by atoms with Gasteiger partial charge < -0.3 is 9.47 Å². The summed E-state index contributed by atoms with van der Waals surface area (Å²) in [7, 11) is 0. The minimum Gasteiger partial charge on any atom is -0.487 e. The molecular weight excluding hydrogens is 286 g/mol. The molecule has 0 heterocycles. The number of benzene rings is 2. The van der Waals surface area contributed by atoms with Crippen LogP contribution in [0, 0.1) is 5.82 Å². The molecule has 0 radical (unpaired) electrons. The molecule has 0 fully saturated rings. The van der Waals surface area contributed by atoms with Crippen molar-refractivity contribution in [3.63, 3.8) is 0 Å². The van der Waals surface area contributed by atoms with Crippen LogP contribution in [0.4, 0.5) is 8.78 Å². The van der Waals surface area contributed by atoms with Gasteiger partial charge >= 0.3 is 0 Å². The zero-order chi connectivity index (χ0) is 14.4. The van der Waals surface area contributed by atoms with Crippen molar-refractivity contribution in [2.75, 3.05) is 13.3 Å². The summed E-state index contributed by atoms with van der Waals surface area (Å²) < 4.78 is 36.5. The van der Waals surface area contributed by atoms with Gasteiger partial charge in [0.15, 0.2) is 11.5 Å². The molecule has 20 heavy (non-hydrogen) atoms. The average Bonchev–Trinajstić information content (AvgIpc) is 2.45. The molecule has 5 heteroatoms. The van der Waals surface area contributed by atoms with Crippen molar-refractivity contribution in [2.45, 2.75) is 6.61 Å². The smallest absolute Gasteiger partial charge is 0.161 e. The Morgan fingerprint density at radius 2 is 1.70 bits per heavy atom. The van der Waals surface area contributed by atoms with Gasteiger partial charge in [-0.3, -0.25) is 0 Å². The lowest BCUT2D eigenvalue weighted by Crippen LogP contribution is -2.03. The highest BCUT2D eigenvalue weighted by molar-refractivity contribution is 6.30. The number of halogens is 3. The maximum atomic E-state index is 13.6. The van der Waals surface area contributed by atoms with Crippen molar-refractivity contribution >= 4 is 11.6 Å². The summed E-state index contributed by atoms with van der Waals surface area (Å²) in [5, 5.41) is 0.331. The molecule has 2 rings (SSSR count). The first-order valence-corrected chi connectivity index (χ1v) is 6.43. The monoisotopic (exact) mass is 298 g/mol. The Balaban J connectivity index is 2.06. The molecular formula is C15H13ClF2O2. The topological polar surface area (TPSA) is 18.5 Å². The summed E-state index contributed by atoms with van der Waals surface area (Å²) in [5.74, 6) is 0.439. The second-order valence-corrected chi connectivity index (χ2v) is 4.45. The minimum absolute atomic E-state index is 0.0407. The minimum atomic E-state index is -0.583. The van der Waals surface area contributed by atoms with Gasteiger partial charge in [-0.1, -0.05) is 29.8 Å². The Morgan fingerprint density at radius 1 is 1.00 bits per heavy atom. The van der Waals surface area contributed by atoms with Crippen molar-refractivity contribution in [1.82, 2.24) is 0 Å². The maximum Gasteiger partial charge on any atom is 0.161 e. The van der Waals surface area contributed by atoms with E-state index in [0.29, 0.717) is 22.1 Å². The van der Waals surface area contributed by atoms with E-state index in [4.69, 9.17) is 21.1 Å². The normalized spacial score (nSPS) is 10.3. The lowest BCUT2D eigenvalue weighted by molar-refractivity contribution is 0.241. The highest BCUT2D eigenvalue weighted by atomic mass is 35.5. The van der Waals surface area contributed by atoms with Crippen molar-refractivity contribution in [3.8, 4) is 11.5 Å². The van der Waals surface area contributed by atoms with E-state index in [1.165, 1.54) is 6.07 Å². The molecule has 0 saturated carbocycles. The standard InChI is InChI=1S/C15H13ClF2O2/c16-12-6-5-11(13(18)9-12)10-20-15-4-2-1-3-14(15)19-8-7-17/h1-6,9H,7-8,10H2. The third-order valence-electron chi connectivity index (χ3n) is 2.58. The first-order chi connectivity index (χ1) is 9.70. The van der Waals surface area contributed by atoms with Crippen LogP contribution in [0.15, 0.2) is 42.5 Å². The van der Waals surface area contributed by atoms with Crippen LogP contribution in [0.3, 0.4) is 0 Å². The Morgan fingerprint density at radius 3 is 2.35 bits per heavy atom. The van der Waals surface area contributed by atoms with Crippen LogP contribution < -0.4 is 9.47 Å². The van der Waals surface area contributed by atoms with Gasteiger partial charge in [0.2, 0.25) is 0 Å². The van der Waals surface area contributed by atoms with Crippen LogP contribution in [0.5, 0.6) is 11.5 Å². The molecule has 0 aliphatic rings. The number of ether oxygens (including phenoxy) is 2. The molecule has 0 spiro atoms. The maximum absolute atomic E-state index is 13.6. The molecule has 2 aromatic carbocycles. The van der Waals surface area contributed by atoms with E-state index in [-0.39, 0.29) is 13.2 Å². The summed E-state index contributed by atoms with van der Waals surface area (Å²) >= 11 is 5.68. The third kappa shape index (κ3) is 3.84. The molecule has 0 N–H and O–H groups in total. The highest BCUT2D eigenvalue weighted by Crippen LogP contribution is 2.27. The van der Waals surface area contributed by atoms with Crippen molar-refractivity contribution in [1.29, 1.82) is 0 Å². The van der Waals surface area contributed by atoms with Gasteiger partial charge in [-0.05, 0) is 24.3 Å². The second-order valence-electron chi connectivity index (χ2n) is 4.01. The van der Waals surface area contributed by atoms with E-state index >= 15 is 0 Å². The van der Waals surface area contributed by atoms with E-state index < -0.39 is 12.5 Å². The van der Waals surface area contributed by atoms with E-state index in [2.05, 4.69) is 0 Å². The van der Waals surface area contributed by atoms with Gasteiger partial charge in [-0.25, -0.2) is 8.78 Å². The van der Waals surface area contributed by atoms with E-state index in [1.54, 1.807) is 36.4 Å². The van der Waals surface area contributed by atoms with Crippen LogP contribution >= 0.6 is 11.6 Å². The zero-order valence-corrected chi connectivity index (χ0v) is 11.4. The second kappa shape index (κ2) is 7.10. The van der Waals surface area contributed by atoms with Crippen LogP contribution in [0.2, 0.25) is 5.02 Å². The molecule has 0 saturated heterocycles. The number of para-hydroxylation sites is 2. The predicted octanol–water partition coefficient (Wildman–Crippen LogP) is 4.41. The van der Waals surface area contributed by atoms with Gasteiger partial charge in [0, 0.05) is 10.6 Å². The Bertz CT molecular complexity index is 576. The fourth-order valence-corrected chi connectivity index (χ4v) is 1.79. The Labute approximate surface area is 120 Å². The predicted molar refractivity (Wildman–Crippen MR) is 73.7 cm³/mol. The molecule has 106 valence electrons. The van der Waals surface area contributed by atoms with E-state index in [9.17, 15) is 8.78 Å². The Hall–Kier alpha value is -1.81. The van der Waals surface area contributed by atoms with Crippen molar-refractivity contribution < 1.29 is 18.3 Å². The molecule has 0 aliphatic heterocycles. The average molecular weight is 299 g/mol. The molecule has 2 nitrogen and oxygen atoms in total. The summed E-state index contributed by atoms with van der Waals surface area (Å²) in [5.41, 5.74) is 0.384. The lowest BCUT2D eigenvalue weighted by Gasteiger charge is -2.12. The summed E-state index contributed by atoms with van der Waals surface area (Å²) in [4.78, 5) is 0. The first kappa shape index (κ1) is 14.6. The molecule has 0 aliphatic carbocycles. The van der Waals surface area contributed by atoms with Crippen LogP contribution in [-0.2, 0) is 6.61 Å². The van der Waals surface area contributed by atoms with E-state index in [1.807, 2.05) is 0 Å². The number of hydrogen-bond donors (Lipinski definition) is 0.